The zero-order valence-electron chi connectivity index (χ0n) is 9.79. The molecule has 2 bridgehead atoms. The second-order valence-electron chi connectivity index (χ2n) is 5.41. The molecule has 0 aromatic rings. The molecule has 1 fully saturated rings. The molecular formula is C13H22O. The van der Waals surface area contributed by atoms with Crippen molar-refractivity contribution < 1.29 is 4.74 Å². The summed E-state index contributed by atoms with van der Waals surface area (Å²) < 4.78 is 6.01. The maximum absolute atomic E-state index is 6.01. The molecule has 4 atom stereocenters. The van der Waals surface area contributed by atoms with E-state index in [1.165, 1.54) is 6.42 Å². The average molecular weight is 194 g/mol. The van der Waals surface area contributed by atoms with Gasteiger partial charge in [-0.25, -0.2) is 0 Å². The fraction of sp³-hybridized carbons (Fsp3) is 0.846. The second kappa shape index (κ2) is 3.69. The molecule has 0 aromatic heterocycles. The van der Waals surface area contributed by atoms with Crippen molar-refractivity contribution in [2.24, 2.45) is 23.7 Å². The van der Waals surface area contributed by atoms with Crippen LogP contribution in [0.1, 0.15) is 34.1 Å². The molecule has 0 saturated carbocycles. The summed E-state index contributed by atoms with van der Waals surface area (Å²) in [4.78, 5) is 0. The minimum absolute atomic E-state index is 0.468. The highest BCUT2D eigenvalue weighted by molar-refractivity contribution is 5.14. The highest BCUT2D eigenvalue weighted by atomic mass is 16.5. The number of rotatable bonds is 1. The van der Waals surface area contributed by atoms with E-state index in [9.17, 15) is 0 Å². The molecule has 0 aromatic carbocycles. The first-order valence-electron chi connectivity index (χ1n) is 5.89. The van der Waals surface area contributed by atoms with Gasteiger partial charge in [0.25, 0.3) is 0 Å². The van der Waals surface area contributed by atoms with Gasteiger partial charge in [-0.05, 0) is 31.1 Å². The van der Waals surface area contributed by atoms with Crippen LogP contribution in [0.15, 0.2) is 11.6 Å². The van der Waals surface area contributed by atoms with Gasteiger partial charge in [0.15, 0.2) is 0 Å². The first-order valence-corrected chi connectivity index (χ1v) is 5.89. The van der Waals surface area contributed by atoms with Crippen LogP contribution in [0.5, 0.6) is 0 Å². The topological polar surface area (TPSA) is 9.23 Å². The van der Waals surface area contributed by atoms with E-state index in [0.717, 1.165) is 18.4 Å². The molecule has 1 heteroatoms. The lowest BCUT2D eigenvalue weighted by molar-refractivity contribution is -0.0808. The van der Waals surface area contributed by atoms with Gasteiger partial charge >= 0.3 is 0 Å². The van der Waals surface area contributed by atoms with E-state index in [-0.39, 0.29) is 0 Å². The van der Waals surface area contributed by atoms with E-state index < -0.39 is 0 Å². The molecule has 1 nitrogen and oxygen atoms in total. The minimum Gasteiger partial charge on any atom is -0.377 e. The molecule has 0 amide bonds. The van der Waals surface area contributed by atoms with Crippen molar-refractivity contribution in [3.63, 3.8) is 0 Å². The van der Waals surface area contributed by atoms with Crippen LogP contribution in [0.25, 0.3) is 0 Å². The Labute approximate surface area is 87.5 Å². The van der Waals surface area contributed by atoms with E-state index >= 15 is 0 Å². The third-order valence-corrected chi connectivity index (χ3v) is 3.97. The fourth-order valence-electron chi connectivity index (χ4n) is 3.02. The first-order chi connectivity index (χ1) is 6.59. The Kier molecular flexibility index (Phi) is 2.70. The number of fused-ring (bicyclic) bond motifs is 2. The van der Waals surface area contributed by atoms with E-state index in [1.807, 2.05) is 0 Å². The second-order valence-corrected chi connectivity index (χ2v) is 5.41. The average Bonchev–Trinajstić information content (AvgIpc) is 2.14. The van der Waals surface area contributed by atoms with E-state index in [1.54, 1.807) is 5.57 Å². The molecule has 2 aliphatic rings. The normalized spacial score (nSPS) is 42.5. The molecule has 0 spiro atoms. The van der Waals surface area contributed by atoms with E-state index in [4.69, 9.17) is 4.74 Å². The van der Waals surface area contributed by atoms with Crippen LogP contribution < -0.4 is 0 Å². The minimum atomic E-state index is 0.468. The first kappa shape index (κ1) is 10.2. The SMILES string of the molecule is CC1=CC(C)[C@@H]2COC(C(C)C)[C@H]1C2. The van der Waals surface area contributed by atoms with Gasteiger partial charge in [0.1, 0.15) is 0 Å². The molecule has 1 aliphatic heterocycles. The molecule has 0 radical (unpaired) electrons. The van der Waals surface area contributed by atoms with Crippen LogP contribution in [-0.4, -0.2) is 12.7 Å². The molecule has 2 unspecified atom stereocenters. The van der Waals surface area contributed by atoms with Crippen LogP contribution in [-0.2, 0) is 4.74 Å². The predicted octanol–water partition coefficient (Wildman–Crippen LogP) is 3.26. The van der Waals surface area contributed by atoms with Crippen LogP contribution in [0, 0.1) is 23.7 Å². The van der Waals surface area contributed by atoms with Crippen LogP contribution in [0.3, 0.4) is 0 Å². The number of hydrogen-bond acceptors (Lipinski definition) is 1. The monoisotopic (exact) mass is 194 g/mol. The van der Waals surface area contributed by atoms with Crippen molar-refractivity contribution in [1.29, 1.82) is 0 Å². The Morgan fingerprint density at radius 3 is 2.79 bits per heavy atom. The van der Waals surface area contributed by atoms with Gasteiger partial charge in [-0.2, -0.15) is 0 Å². The Morgan fingerprint density at radius 1 is 1.43 bits per heavy atom. The summed E-state index contributed by atoms with van der Waals surface area (Å²) in [6.07, 6.45) is 4.29. The van der Waals surface area contributed by atoms with Gasteiger partial charge in [0, 0.05) is 5.92 Å². The maximum Gasteiger partial charge on any atom is 0.0663 e. The number of hydrogen-bond donors (Lipinski definition) is 0. The lowest BCUT2D eigenvalue weighted by Crippen LogP contribution is -2.42. The molecule has 0 N–H and O–H groups in total. The summed E-state index contributed by atoms with van der Waals surface area (Å²) >= 11 is 0. The Bertz CT molecular complexity index is 242. The van der Waals surface area contributed by atoms with Crippen molar-refractivity contribution in [3.05, 3.63) is 11.6 Å². The Morgan fingerprint density at radius 2 is 2.14 bits per heavy atom. The standard InChI is InChI=1S/C13H22O/c1-8(2)13-12-6-11(7-14-13)9(3)5-10(12)4/h5,8-9,11-13H,6-7H2,1-4H3/t9?,11-,12-,13?/m0/s1. The van der Waals surface area contributed by atoms with Gasteiger partial charge in [-0.15, -0.1) is 0 Å². The third kappa shape index (κ3) is 1.63. The number of ether oxygens (including phenoxy) is 1. The van der Waals surface area contributed by atoms with Crippen molar-refractivity contribution in [2.45, 2.75) is 40.2 Å². The fourth-order valence-corrected chi connectivity index (χ4v) is 3.02. The third-order valence-electron chi connectivity index (χ3n) is 3.97. The van der Waals surface area contributed by atoms with E-state index in [2.05, 4.69) is 33.8 Å². The number of allylic oxidation sites excluding steroid dienone is 1. The van der Waals surface area contributed by atoms with Crippen LogP contribution in [0.4, 0.5) is 0 Å². The molecular weight excluding hydrogens is 172 g/mol. The molecule has 80 valence electrons. The Hall–Kier alpha value is -0.300. The Balaban J connectivity index is 2.20. The quantitative estimate of drug-likeness (QED) is 0.582. The zero-order valence-corrected chi connectivity index (χ0v) is 9.79. The molecule has 1 aliphatic carbocycles. The molecule has 1 heterocycles. The summed E-state index contributed by atoms with van der Waals surface area (Å²) in [5, 5.41) is 0. The maximum atomic E-state index is 6.01. The summed E-state index contributed by atoms with van der Waals surface area (Å²) in [5.74, 6) is 2.85. The molecule has 1 saturated heterocycles. The van der Waals surface area contributed by atoms with Gasteiger partial charge in [-0.1, -0.05) is 32.4 Å². The summed E-state index contributed by atoms with van der Waals surface area (Å²) in [6, 6.07) is 0. The summed E-state index contributed by atoms with van der Waals surface area (Å²) in [5.41, 5.74) is 1.56. The van der Waals surface area contributed by atoms with Gasteiger partial charge < -0.3 is 4.74 Å². The molecule has 14 heavy (non-hydrogen) atoms. The molecule has 2 rings (SSSR count). The highest BCUT2D eigenvalue weighted by Crippen LogP contribution is 2.41. The van der Waals surface area contributed by atoms with Crippen molar-refractivity contribution in [2.75, 3.05) is 6.61 Å². The summed E-state index contributed by atoms with van der Waals surface area (Å²) in [7, 11) is 0. The highest BCUT2D eigenvalue weighted by Gasteiger charge is 2.38. The predicted molar refractivity (Wildman–Crippen MR) is 59.1 cm³/mol. The van der Waals surface area contributed by atoms with Crippen LogP contribution in [0.2, 0.25) is 0 Å². The van der Waals surface area contributed by atoms with Crippen LogP contribution >= 0.6 is 0 Å². The lowest BCUT2D eigenvalue weighted by Gasteiger charge is -2.44. The smallest absolute Gasteiger partial charge is 0.0663 e. The lowest BCUT2D eigenvalue weighted by atomic mass is 9.70. The van der Waals surface area contributed by atoms with Crippen molar-refractivity contribution in [3.8, 4) is 0 Å². The largest absolute Gasteiger partial charge is 0.377 e. The summed E-state index contributed by atoms with van der Waals surface area (Å²) in [6.45, 7) is 10.1. The van der Waals surface area contributed by atoms with Crippen molar-refractivity contribution in [1.82, 2.24) is 0 Å². The zero-order chi connectivity index (χ0) is 10.3. The van der Waals surface area contributed by atoms with E-state index in [0.29, 0.717) is 17.9 Å². The van der Waals surface area contributed by atoms with Gasteiger partial charge in [0.2, 0.25) is 0 Å². The van der Waals surface area contributed by atoms with Crippen molar-refractivity contribution >= 4 is 0 Å². The van der Waals surface area contributed by atoms with Gasteiger partial charge in [-0.3, -0.25) is 0 Å². The van der Waals surface area contributed by atoms with Gasteiger partial charge in [0.05, 0.1) is 12.7 Å².